The lowest BCUT2D eigenvalue weighted by Crippen LogP contribution is -2.48. The third kappa shape index (κ3) is 4.95. The van der Waals surface area contributed by atoms with Gasteiger partial charge in [0.05, 0.1) is 29.4 Å². The van der Waals surface area contributed by atoms with E-state index in [0.29, 0.717) is 18.7 Å². The number of carbonyl (C=O) groups is 1. The maximum atomic E-state index is 14.7. The summed E-state index contributed by atoms with van der Waals surface area (Å²) in [5.41, 5.74) is 8.19. The van der Waals surface area contributed by atoms with Crippen LogP contribution in [0, 0.1) is 5.82 Å². The molecule has 0 amide bonds. The third-order valence-electron chi connectivity index (χ3n) is 6.65. The Balaban J connectivity index is 1.37. The standard InChI is InChI=1S/C24H25ClFN9O3/c1-38-13-20(24(36)37)33-7-5-16(6-8-33)34-12-15(11-29-34)14-9-17(22(27)28-10-14)23-30-31-32-35(23)19-4-2-3-18(25)21(19)26/h2-4,9-12,16,20H,5-8,13H2,1H3,(H2,27,28)(H,36,37). The monoisotopic (exact) mass is 541 g/mol. The van der Waals surface area contributed by atoms with Crippen LogP contribution in [0.25, 0.3) is 28.2 Å². The van der Waals surface area contributed by atoms with Crippen molar-refractivity contribution in [2.75, 3.05) is 32.5 Å². The number of ether oxygens (including phenoxy) is 1. The predicted octanol–water partition coefficient (Wildman–Crippen LogP) is 2.70. The van der Waals surface area contributed by atoms with E-state index < -0.39 is 17.8 Å². The van der Waals surface area contributed by atoms with Gasteiger partial charge in [0.1, 0.15) is 17.5 Å². The van der Waals surface area contributed by atoms with E-state index in [1.807, 2.05) is 15.8 Å². The van der Waals surface area contributed by atoms with Crippen molar-refractivity contribution in [2.45, 2.75) is 24.9 Å². The molecule has 1 atom stereocenters. The molecule has 0 saturated carbocycles. The molecule has 1 fully saturated rings. The van der Waals surface area contributed by atoms with Crippen molar-refractivity contribution in [3.63, 3.8) is 0 Å². The van der Waals surface area contributed by atoms with Gasteiger partial charge in [-0.05, 0) is 41.5 Å². The lowest BCUT2D eigenvalue weighted by Gasteiger charge is -2.35. The highest BCUT2D eigenvalue weighted by molar-refractivity contribution is 6.30. The number of methoxy groups -OCH3 is 1. The smallest absolute Gasteiger partial charge is 0.323 e. The van der Waals surface area contributed by atoms with Gasteiger partial charge in [-0.1, -0.05) is 17.7 Å². The van der Waals surface area contributed by atoms with Gasteiger partial charge in [-0.3, -0.25) is 14.4 Å². The van der Waals surface area contributed by atoms with E-state index in [1.165, 1.54) is 23.9 Å². The lowest BCUT2D eigenvalue weighted by atomic mass is 10.0. The summed E-state index contributed by atoms with van der Waals surface area (Å²) in [6.45, 7) is 1.39. The summed E-state index contributed by atoms with van der Waals surface area (Å²) in [6, 6.07) is 5.79. The Hall–Kier alpha value is -3.94. The van der Waals surface area contributed by atoms with Gasteiger partial charge in [0.15, 0.2) is 11.6 Å². The van der Waals surface area contributed by atoms with Crippen molar-refractivity contribution < 1.29 is 19.0 Å². The van der Waals surface area contributed by atoms with Crippen LogP contribution in [0.4, 0.5) is 10.2 Å². The first-order valence-electron chi connectivity index (χ1n) is 11.9. The molecule has 0 spiro atoms. The molecule has 5 rings (SSSR count). The summed E-state index contributed by atoms with van der Waals surface area (Å²) in [5.74, 6) is -1.16. The topological polar surface area (TPSA) is 150 Å². The molecular formula is C24H25ClFN9O3. The SMILES string of the molecule is COCC(C(=O)O)N1CCC(n2cc(-c3cnc(N)c(-c4nnnn4-c4cccc(Cl)c4F)c3)cn2)CC1. The number of carboxylic acids is 1. The number of anilines is 1. The van der Waals surface area contributed by atoms with E-state index in [-0.39, 0.29) is 35.0 Å². The quantitative estimate of drug-likeness (QED) is 0.341. The highest BCUT2D eigenvalue weighted by Gasteiger charge is 2.30. The first-order chi connectivity index (χ1) is 18.4. The minimum atomic E-state index is -0.887. The van der Waals surface area contributed by atoms with Gasteiger partial charge in [-0.2, -0.15) is 9.78 Å². The summed E-state index contributed by atoms with van der Waals surface area (Å²) in [7, 11) is 1.50. The van der Waals surface area contributed by atoms with Crippen LogP contribution < -0.4 is 5.73 Å². The van der Waals surface area contributed by atoms with Crippen molar-refractivity contribution >= 4 is 23.4 Å². The molecule has 1 aliphatic rings. The largest absolute Gasteiger partial charge is 0.480 e. The summed E-state index contributed by atoms with van der Waals surface area (Å²) >= 11 is 5.95. The molecule has 3 N–H and O–H groups in total. The van der Waals surface area contributed by atoms with Gasteiger partial charge in [0, 0.05) is 43.7 Å². The Labute approximate surface area is 221 Å². The first kappa shape index (κ1) is 25.7. The van der Waals surface area contributed by atoms with Gasteiger partial charge in [-0.15, -0.1) is 5.10 Å². The fourth-order valence-corrected chi connectivity index (χ4v) is 4.79. The molecule has 38 heavy (non-hydrogen) atoms. The van der Waals surface area contributed by atoms with E-state index in [1.54, 1.807) is 24.5 Å². The van der Waals surface area contributed by atoms with Gasteiger partial charge < -0.3 is 15.6 Å². The fraction of sp³-hybridized carbons (Fsp3) is 0.333. The highest BCUT2D eigenvalue weighted by Crippen LogP contribution is 2.32. The van der Waals surface area contributed by atoms with E-state index in [2.05, 4.69) is 25.6 Å². The summed E-state index contributed by atoms with van der Waals surface area (Å²) in [4.78, 5) is 17.8. The molecule has 1 unspecified atom stereocenters. The second-order valence-electron chi connectivity index (χ2n) is 8.93. The molecule has 3 aromatic heterocycles. The number of nitrogens with two attached hydrogens (primary N) is 1. The van der Waals surface area contributed by atoms with Crippen molar-refractivity contribution in [1.82, 2.24) is 39.9 Å². The number of nitrogens with zero attached hydrogens (tertiary/aromatic N) is 8. The number of aromatic nitrogens is 7. The minimum absolute atomic E-state index is 0.0563. The van der Waals surface area contributed by atoms with Gasteiger partial charge in [0.25, 0.3) is 0 Å². The second kappa shape index (κ2) is 10.8. The third-order valence-corrected chi connectivity index (χ3v) is 6.94. The normalized spacial score (nSPS) is 15.6. The van der Waals surface area contributed by atoms with Crippen molar-refractivity contribution in [3.05, 3.63) is 53.7 Å². The molecule has 14 heteroatoms. The molecule has 0 aliphatic carbocycles. The maximum Gasteiger partial charge on any atom is 0.323 e. The number of halogens is 2. The maximum absolute atomic E-state index is 14.7. The number of hydrogen-bond acceptors (Lipinski definition) is 9. The van der Waals surface area contributed by atoms with Crippen LogP contribution in [0.1, 0.15) is 18.9 Å². The molecule has 4 aromatic rings. The summed E-state index contributed by atoms with van der Waals surface area (Å²) < 4.78 is 22.9. The first-order valence-corrected chi connectivity index (χ1v) is 12.2. The number of piperidine rings is 1. The van der Waals surface area contributed by atoms with Crippen molar-refractivity contribution in [1.29, 1.82) is 0 Å². The number of benzene rings is 1. The van der Waals surface area contributed by atoms with Crippen LogP contribution in [0.5, 0.6) is 0 Å². The Kier molecular flexibility index (Phi) is 7.31. The molecule has 0 bridgehead atoms. The lowest BCUT2D eigenvalue weighted by molar-refractivity contribution is -0.146. The van der Waals surface area contributed by atoms with Gasteiger partial charge in [-0.25, -0.2) is 9.37 Å². The minimum Gasteiger partial charge on any atom is -0.480 e. The Morgan fingerprint density at radius 2 is 2.08 bits per heavy atom. The zero-order valence-electron chi connectivity index (χ0n) is 20.4. The molecule has 1 saturated heterocycles. The molecular weight excluding hydrogens is 517 g/mol. The number of carboxylic acid groups (broad SMARTS) is 1. The summed E-state index contributed by atoms with van der Waals surface area (Å²) in [5, 5.41) is 25.7. The number of tetrazole rings is 1. The Morgan fingerprint density at radius 3 is 2.82 bits per heavy atom. The van der Waals surface area contributed by atoms with Crippen LogP contribution >= 0.6 is 11.6 Å². The van der Waals surface area contributed by atoms with Crippen molar-refractivity contribution in [3.8, 4) is 28.2 Å². The highest BCUT2D eigenvalue weighted by atomic mass is 35.5. The van der Waals surface area contributed by atoms with Gasteiger partial charge in [0.2, 0.25) is 0 Å². The molecule has 1 aromatic carbocycles. The van der Waals surface area contributed by atoms with Crippen LogP contribution in [-0.4, -0.2) is 83.8 Å². The van der Waals surface area contributed by atoms with E-state index in [9.17, 15) is 14.3 Å². The van der Waals surface area contributed by atoms with Crippen LogP contribution in [0.3, 0.4) is 0 Å². The summed E-state index contributed by atoms with van der Waals surface area (Å²) in [6.07, 6.45) is 6.77. The number of nitrogen functional groups attached to an aromatic ring is 1. The van der Waals surface area contributed by atoms with E-state index in [0.717, 1.165) is 24.0 Å². The zero-order chi connectivity index (χ0) is 26.8. The average Bonchev–Trinajstić information content (AvgIpc) is 3.60. The molecule has 1 aliphatic heterocycles. The Bertz CT molecular complexity index is 1450. The number of rotatable bonds is 8. The predicted molar refractivity (Wildman–Crippen MR) is 136 cm³/mol. The molecule has 12 nitrogen and oxygen atoms in total. The van der Waals surface area contributed by atoms with Crippen LogP contribution in [0.15, 0.2) is 42.9 Å². The average molecular weight is 542 g/mol. The van der Waals surface area contributed by atoms with E-state index in [4.69, 9.17) is 22.1 Å². The zero-order valence-corrected chi connectivity index (χ0v) is 21.2. The number of pyridine rings is 1. The Morgan fingerprint density at radius 1 is 1.29 bits per heavy atom. The van der Waals surface area contributed by atoms with E-state index >= 15 is 0 Å². The number of likely N-dealkylation sites (tertiary alicyclic amines) is 1. The molecule has 198 valence electrons. The number of hydrogen-bond donors (Lipinski definition) is 2. The second-order valence-corrected chi connectivity index (χ2v) is 9.34. The number of aliphatic carboxylic acids is 1. The van der Waals surface area contributed by atoms with Crippen molar-refractivity contribution in [2.24, 2.45) is 0 Å². The van der Waals surface area contributed by atoms with Gasteiger partial charge >= 0.3 is 5.97 Å². The molecule has 0 radical (unpaired) electrons. The fourth-order valence-electron chi connectivity index (χ4n) is 4.63. The molecule has 4 heterocycles. The van der Waals surface area contributed by atoms with Crippen LogP contribution in [-0.2, 0) is 9.53 Å². The van der Waals surface area contributed by atoms with Crippen LogP contribution in [0.2, 0.25) is 5.02 Å².